The van der Waals surface area contributed by atoms with Crippen molar-refractivity contribution in [3.8, 4) is 0 Å². The molecule has 4 rings (SSSR count). The summed E-state index contributed by atoms with van der Waals surface area (Å²) in [5.41, 5.74) is 1.08. The van der Waals surface area contributed by atoms with Crippen LogP contribution in [0.2, 0.25) is 0 Å². The van der Waals surface area contributed by atoms with Crippen molar-refractivity contribution in [2.45, 2.75) is 83.3 Å². The fraction of sp³-hybridized carbons (Fsp3) is 0.650. The van der Waals surface area contributed by atoms with E-state index in [4.69, 9.17) is 4.74 Å². The summed E-state index contributed by atoms with van der Waals surface area (Å²) < 4.78 is 7.25. The van der Waals surface area contributed by atoms with Crippen LogP contribution in [-0.4, -0.2) is 21.6 Å². The highest BCUT2D eigenvalue weighted by atomic mass is 32.1. The standard InChI is InChI=1S/C20H26N2O3S/c1-2-15(20(24)25-13-8-4-3-5-9-13)22-12-21-18-17(19(22)23)14-10-6-7-11-16(14)26-18/h12-13,15H,2-11H2,1H3/t15-/m0/s1. The normalized spacial score (nSPS) is 19.3. The third kappa shape index (κ3) is 3.20. The minimum atomic E-state index is -0.583. The molecule has 2 aliphatic carbocycles. The first-order valence-electron chi connectivity index (χ1n) is 9.91. The molecule has 0 unspecified atom stereocenters. The van der Waals surface area contributed by atoms with Crippen LogP contribution in [0.1, 0.15) is 74.8 Å². The molecule has 2 aromatic rings. The van der Waals surface area contributed by atoms with Gasteiger partial charge in [0.2, 0.25) is 0 Å². The number of esters is 1. The summed E-state index contributed by atoms with van der Waals surface area (Å²) in [6.07, 6.45) is 11.7. The zero-order chi connectivity index (χ0) is 18.1. The first-order chi connectivity index (χ1) is 12.7. The number of carbonyl (C=O) groups excluding carboxylic acids is 1. The minimum Gasteiger partial charge on any atom is -0.461 e. The number of aryl methyl sites for hydroxylation is 2. The Morgan fingerprint density at radius 1 is 1.27 bits per heavy atom. The molecule has 6 heteroatoms. The highest BCUT2D eigenvalue weighted by Crippen LogP contribution is 2.33. The molecule has 140 valence electrons. The van der Waals surface area contributed by atoms with Crippen molar-refractivity contribution in [1.29, 1.82) is 0 Å². The molecular weight excluding hydrogens is 348 g/mol. The van der Waals surface area contributed by atoms with Crippen LogP contribution in [0.4, 0.5) is 0 Å². The number of ether oxygens (including phenoxy) is 1. The third-order valence-corrected chi connectivity index (χ3v) is 6.93. The van der Waals surface area contributed by atoms with Crippen LogP contribution >= 0.6 is 11.3 Å². The van der Waals surface area contributed by atoms with E-state index in [2.05, 4.69) is 4.98 Å². The van der Waals surface area contributed by atoms with Gasteiger partial charge in [-0.3, -0.25) is 9.36 Å². The molecule has 0 saturated heterocycles. The van der Waals surface area contributed by atoms with Gasteiger partial charge in [0.15, 0.2) is 0 Å². The lowest BCUT2D eigenvalue weighted by molar-refractivity contribution is -0.154. The number of hydrogen-bond acceptors (Lipinski definition) is 5. The number of thiophene rings is 1. The largest absolute Gasteiger partial charge is 0.461 e. The van der Waals surface area contributed by atoms with Gasteiger partial charge in [-0.25, -0.2) is 9.78 Å². The number of hydrogen-bond donors (Lipinski definition) is 0. The van der Waals surface area contributed by atoms with Crippen LogP contribution < -0.4 is 5.56 Å². The molecule has 1 atom stereocenters. The van der Waals surface area contributed by atoms with E-state index < -0.39 is 6.04 Å². The van der Waals surface area contributed by atoms with Crippen molar-refractivity contribution in [3.63, 3.8) is 0 Å². The highest BCUT2D eigenvalue weighted by molar-refractivity contribution is 7.18. The maximum atomic E-state index is 13.2. The lowest BCUT2D eigenvalue weighted by Gasteiger charge is -2.25. The maximum absolute atomic E-state index is 13.2. The average Bonchev–Trinajstić information content (AvgIpc) is 3.04. The molecule has 0 radical (unpaired) electrons. The van der Waals surface area contributed by atoms with Crippen molar-refractivity contribution in [2.75, 3.05) is 0 Å². The minimum absolute atomic E-state index is 0.00611. The van der Waals surface area contributed by atoms with Crippen LogP contribution in [0, 0.1) is 0 Å². The molecule has 26 heavy (non-hydrogen) atoms. The van der Waals surface area contributed by atoms with Gasteiger partial charge >= 0.3 is 5.97 Å². The van der Waals surface area contributed by atoms with Gasteiger partial charge in [0.05, 0.1) is 11.7 Å². The van der Waals surface area contributed by atoms with Gasteiger partial charge in [-0.15, -0.1) is 11.3 Å². The molecule has 1 saturated carbocycles. The molecule has 0 aliphatic heterocycles. The smallest absolute Gasteiger partial charge is 0.329 e. The topological polar surface area (TPSA) is 61.2 Å². The SMILES string of the molecule is CC[C@@H](C(=O)OC1CCCCC1)n1cnc2sc3c(c2c1=O)CCCC3. The molecule has 0 spiro atoms. The number of carbonyl (C=O) groups is 1. The van der Waals surface area contributed by atoms with E-state index >= 15 is 0 Å². The second kappa shape index (κ2) is 7.51. The van der Waals surface area contributed by atoms with Crippen molar-refractivity contribution in [1.82, 2.24) is 9.55 Å². The Bertz CT molecular complexity index is 864. The Morgan fingerprint density at radius 2 is 2.04 bits per heavy atom. The van der Waals surface area contributed by atoms with E-state index in [-0.39, 0.29) is 17.6 Å². The maximum Gasteiger partial charge on any atom is 0.329 e. The molecule has 0 amide bonds. The van der Waals surface area contributed by atoms with Crippen LogP contribution in [-0.2, 0) is 22.4 Å². The van der Waals surface area contributed by atoms with Crippen LogP contribution in [0.5, 0.6) is 0 Å². The molecule has 2 aromatic heterocycles. The molecule has 1 fully saturated rings. The van der Waals surface area contributed by atoms with E-state index in [9.17, 15) is 9.59 Å². The zero-order valence-corrected chi connectivity index (χ0v) is 16.1. The third-order valence-electron chi connectivity index (χ3n) is 5.73. The fourth-order valence-corrected chi connectivity index (χ4v) is 5.50. The second-order valence-corrected chi connectivity index (χ2v) is 8.55. The lowest BCUT2D eigenvalue weighted by Crippen LogP contribution is -2.33. The van der Waals surface area contributed by atoms with Crippen molar-refractivity contribution in [3.05, 3.63) is 27.1 Å². The Labute approximate surface area is 157 Å². The molecule has 0 aromatic carbocycles. The van der Waals surface area contributed by atoms with Gasteiger partial charge in [0.25, 0.3) is 5.56 Å². The van der Waals surface area contributed by atoms with Crippen LogP contribution in [0.25, 0.3) is 10.2 Å². The number of aromatic nitrogens is 2. The predicted octanol–water partition coefficient (Wildman–Crippen LogP) is 4.16. The number of rotatable bonds is 4. The molecule has 0 N–H and O–H groups in total. The summed E-state index contributed by atoms with van der Waals surface area (Å²) >= 11 is 1.64. The lowest BCUT2D eigenvalue weighted by atomic mass is 9.97. The van der Waals surface area contributed by atoms with Gasteiger partial charge < -0.3 is 4.74 Å². The summed E-state index contributed by atoms with van der Waals surface area (Å²) in [4.78, 5) is 32.6. The predicted molar refractivity (Wildman–Crippen MR) is 103 cm³/mol. The van der Waals surface area contributed by atoms with Gasteiger partial charge in [-0.1, -0.05) is 13.3 Å². The van der Waals surface area contributed by atoms with Crippen LogP contribution in [0.15, 0.2) is 11.1 Å². The van der Waals surface area contributed by atoms with Crippen molar-refractivity contribution in [2.24, 2.45) is 0 Å². The van der Waals surface area contributed by atoms with E-state index in [1.807, 2.05) is 6.92 Å². The Morgan fingerprint density at radius 3 is 2.81 bits per heavy atom. The molecule has 5 nitrogen and oxygen atoms in total. The summed E-state index contributed by atoms with van der Waals surface area (Å²) in [6, 6.07) is -0.583. The first kappa shape index (κ1) is 17.7. The summed E-state index contributed by atoms with van der Waals surface area (Å²) in [7, 11) is 0. The molecule has 2 heterocycles. The summed E-state index contributed by atoms with van der Waals surface area (Å²) in [5, 5.41) is 0.733. The second-order valence-electron chi connectivity index (χ2n) is 7.47. The Kier molecular flexibility index (Phi) is 5.11. The molecule has 0 bridgehead atoms. The van der Waals surface area contributed by atoms with Crippen molar-refractivity contribution < 1.29 is 9.53 Å². The van der Waals surface area contributed by atoms with Gasteiger partial charge in [0.1, 0.15) is 17.0 Å². The van der Waals surface area contributed by atoms with E-state index in [0.717, 1.165) is 55.2 Å². The average molecular weight is 375 g/mol. The van der Waals surface area contributed by atoms with Gasteiger partial charge in [-0.05, 0) is 63.4 Å². The van der Waals surface area contributed by atoms with Gasteiger partial charge in [0, 0.05) is 4.88 Å². The summed E-state index contributed by atoms with van der Waals surface area (Å²) in [6.45, 7) is 1.92. The van der Waals surface area contributed by atoms with E-state index in [1.54, 1.807) is 17.7 Å². The van der Waals surface area contributed by atoms with E-state index in [0.29, 0.717) is 6.42 Å². The first-order valence-corrected chi connectivity index (χ1v) is 10.7. The van der Waals surface area contributed by atoms with Gasteiger partial charge in [-0.2, -0.15) is 0 Å². The fourth-order valence-electron chi connectivity index (χ4n) is 4.28. The molecular formula is C20H26N2O3S. The number of nitrogens with zero attached hydrogens (tertiary/aromatic N) is 2. The van der Waals surface area contributed by atoms with E-state index in [1.165, 1.54) is 27.8 Å². The number of fused-ring (bicyclic) bond motifs is 3. The van der Waals surface area contributed by atoms with Crippen LogP contribution in [0.3, 0.4) is 0 Å². The zero-order valence-electron chi connectivity index (χ0n) is 15.3. The highest BCUT2D eigenvalue weighted by Gasteiger charge is 2.28. The Balaban J connectivity index is 1.66. The molecule has 2 aliphatic rings. The monoisotopic (exact) mass is 374 g/mol. The summed E-state index contributed by atoms with van der Waals surface area (Å²) in [5.74, 6) is -0.285. The Hall–Kier alpha value is -1.69. The van der Waals surface area contributed by atoms with Crippen molar-refractivity contribution >= 4 is 27.5 Å². The quantitative estimate of drug-likeness (QED) is 0.754.